The van der Waals surface area contributed by atoms with Crippen LogP contribution in [0.25, 0.3) is 0 Å². The summed E-state index contributed by atoms with van der Waals surface area (Å²) in [5.74, 6) is -0.182. The second-order valence-electron chi connectivity index (χ2n) is 5.93. The number of piperidine rings is 1. The third-order valence-corrected chi connectivity index (χ3v) is 2.78. The molecule has 1 aliphatic heterocycles. The molecule has 0 bridgehead atoms. The number of esters is 1. The van der Waals surface area contributed by atoms with Gasteiger partial charge in [-0.05, 0) is 40.0 Å². The van der Waals surface area contributed by atoms with Gasteiger partial charge in [-0.3, -0.25) is 4.79 Å². The molecule has 0 aromatic rings. The van der Waals surface area contributed by atoms with E-state index in [1.54, 1.807) is 4.90 Å². The molecule has 5 heteroatoms. The predicted octanol–water partition coefficient (Wildman–Crippen LogP) is 2.73. The van der Waals surface area contributed by atoms with Gasteiger partial charge in [0.1, 0.15) is 11.7 Å². The molecular formula is C14H25NO4. The van der Waals surface area contributed by atoms with Crippen molar-refractivity contribution in [1.29, 1.82) is 0 Å². The average molecular weight is 271 g/mol. The molecule has 0 aliphatic carbocycles. The molecule has 1 fully saturated rings. The summed E-state index contributed by atoms with van der Waals surface area (Å²) in [7, 11) is 0. The number of carbonyl (C=O) groups excluding carboxylic acids is 2. The third-order valence-electron chi connectivity index (χ3n) is 2.78. The molecule has 110 valence electrons. The molecule has 1 amide bonds. The summed E-state index contributed by atoms with van der Waals surface area (Å²) < 4.78 is 10.7. The minimum atomic E-state index is -0.497. The molecule has 1 saturated heterocycles. The second kappa shape index (κ2) is 6.78. The molecule has 0 unspecified atom stereocenters. The van der Waals surface area contributed by atoms with E-state index in [1.165, 1.54) is 0 Å². The molecule has 0 radical (unpaired) electrons. The van der Waals surface area contributed by atoms with Crippen molar-refractivity contribution in [2.24, 2.45) is 0 Å². The Kier molecular flexibility index (Phi) is 5.63. The van der Waals surface area contributed by atoms with Crippen molar-refractivity contribution < 1.29 is 19.1 Å². The van der Waals surface area contributed by atoms with Gasteiger partial charge in [0, 0.05) is 13.0 Å². The molecule has 0 N–H and O–H groups in total. The SMILES string of the molecule is CCCC(=O)O[C@H]1CCCN(C(=O)OC(C)(C)C)C1. The van der Waals surface area contributed by atoms with E-state index in [2.05, 4.69) is 0 Å². The van der Waals surface area contributed by atoms with Crippen molar-refractivity contribution in [3.05, 3.63) is 0 Å². The molecule has 0 aromatic heterocycles. The number of hydrogen-bond donors (Lipinski definition) is 0. The first-order chi connectivity index (χ1) is 8.81. The van der Waals surface area contributed by atoms with Gasteiger partial charge in [0.25, 0.3) is 0 Å². The Bertz CT molecular complexity index is 322. The fourth-order valence-electron chi connectivity index (χ4n) is 1.98. The van der Waals surface area contributed by atoms with Crippen molar-refractivity contribution in [3.8, 4) is 0 Å². The Labute approximate surface area is 115 Å². The molecule has 1 aliphatic rings. The first-order valence-electron chi connectivity index (χ1n) is 6.99. The van der Waals surface area contributed by atoms with E-state index in [9.17, 15) is 9.59 Å². The molecule has 0 spiro atoms. The average Bonchev–Trinajstić information content (AvgIpc) is 2.27. The van der Waals surface area contributed by atoms with Gasteiger partial charge in [-0.15, -0.1) is 0 Å². The van der Waals surface area contributed by atoms with E-state index < -0.39 is 5.60 Å². The Morgan fingerprint density at radius 3 is 2.58 bits per heavy atom. The Balaban J connectivity index is 2.45. The summed E-state index contributed by atoms with van der Waals surface area (Å²) >= 11 is 0. The van der Waals surface area contributed by atoms with Gasteiger partial charge < -0.3 is 14.4 Å². The lowest BCUT2D eigenvalue weighted by molar-refractivity contribution is -0.151. The molecule has 5 nitrogen and oxygen atoms in total. The Morgan fingerprint density at radius 2 is 2.00 bits per heavy atom. The lowest BCUT2D eigenvalue weighted by Gasteiger charge is -2.33. The molecule has 1 atom stereocenters. The first-order valence-corrected chi connectivity index (χ1v) is 6.99. The zero-order valence-electron chi connectivity index (χ0n) is 12.4. The number of likely N-dealkylation sites (tertiary alicyclic amines) is 1. The Morgan fingerprint density at radius 1 is 1.32 bits per heavy atom. The smallest absolute Gasteiger partial charge is 0.410 e. The summed E-state index contributed by atoms with van der Waals surface area (Å²) in [6.45, 7) is 8.56. The maximum absolute atomic E-state index is 11.9. The van der Waals surface area contributed by atoms with Crippen molar-refractivity contribution in [3.63, 3.8) is 0 Å². The van der Waals surface area contributed by atoms with Crippen molar-refractivity contribution in [2.45, 2.75) is 65.1 Å². The van der Waals surface area contributed by atoms with E-state index in [-0.39, 0.29) is 18.2 Å². The van der Waals surface area contributed by atoms with Crippen LogP contribution in [0, 0.1) is 0 Å². The van der Waals surface area contributed by atoms with Crippen LogP contribution in [0.3, 0.4) is 0 Å². The minimum absolute atomic E-state index is 0.182. The number of amides is 1. The van der Waals surface area contributed by atoms with E-state index in [1.807, 2.05) is 27.7 Å². The van der Waals surface area contributed by atoms with E-state index >= 15 is 0 Å². The van der Waals surface area contributed by atoms with Crippen LogP contribution in [0.1, 0.15) is 53.4 Å². The van der Waals surface area contributed by atoms with Crippen LogP contribution in [0.5, 0.6) is 0 Å². The van der Waals surface area contributed by atoms with Crippen LogP contribution in [0.15, 0.2) is 0 Å². The van der Waals surface area contributed by atoms with E-state index in [0.717, 1.165) is 19.3 Å². The topological polar surface area (TPSA) is 55.8 Å². The standard InChI is InChI=1S/C14H25NO4/c1-5-7-12(16)18-11-8-6-9-15(10-11)13(17)19-14(2,3)4/h11H,5-10H2,1-4H3/t11-/m0/s1. The van der Waals surface area contributed by atoms with Gasteiger partial charge in [0.05, 0.1) is 6.54 Å². The zero-order chi connectivity index (χ0) is 14.5. The van der Waals surface area contributed by atoms with Crippen LogP contribution in [-0.4, -0.2) is 41.8 Å². The lowest BCUT2D eigenvalue weighted by atomic mass is 10.1. The molecular weight excluding hydrogens is 246 g/mol. The summed E-state index contributed by atoms with van der Waals surface area (Å²) in [6, 6.07) is 0. The first kappa shape index (κ1) is 15.8. The van der Waals surface area contributed by atoms with Gasteiger partial charge in [-0.1, -0.05) is 6.92 Å². The maximum atomic E-state index is 11.9. The highest BCUT2D eigenvalue weighted by atomic mass is 16.6. The summed E-state index contributed by atoms with van der Waals surface area (Å²) in [5, 5.41) is 0. The number of nitrogens with zero attached hydrogens (tertiary/aromatic N) is 1. The van der Waals surface area contributed by atoms with Crippen LogP contribution < -0.4 is 0 Å². The molecule has 19 heavy (non-hydrogen) atoms. The van der Waals surface area contributed by atoms with Crippen LogP contribution in [0.4, 0.5) is 4.79 Å². The third kappa shape index (κ3) is 5.94. The van der Waals surface area contributed by atoms with Gasteiger partial charge in [-0.25, -0.2) is 4.79 Å². The predicted molar refractivity (Wildman–Crippen MR) is 71.8 cm³/mol. The summed E-state index contributed by atoms with van der Waals surface area (Å²) in [4.78, 5) is 25.0. The highest BCUT2D eigenvalue weighted by Crippen LogP contribution is 2.17. The number of ether oxygens (including phenoxy) is 2. The second-order valence-corrected chi connectivity index (χ2v) is 5.93. The van der Waals surface area contributed by atoms with Gasteiger partial charge >= 0.3 is 12.1 Å². The number of rotatable bonds is 3. The lowest BCUT2D eigenvalue weighted by Crippen LogP contribution is -2.45. The largest absolute Gasteiger partial charge is 0.460 e. The molecule has 1 rings (SSSR count). The maximum Gasteiger partial charge on any atom is 0.410 e. The molecule has 1 heterocycles. The van der Waals surface area contributed by atoms with Gasteiger partial charge in [0.2, 0.25) is 0 Å². The van der Waals surface area contributed by atoms with Crippen molar-refractivity contribution >= 4 is 12.1 Å². The fourth-order valence-corrected chi connectivity index (χ4v) is 1.98. The highest BCUT2D eigenvalue weighted by molar-refractivity contribution is 5.70. The van der Waals surface area contributed by atoms with E-state index in [4.69, 9.17) is 9.47 Å². The number of hydrogen-bond acceptors (Lipinski definition) is 4. The zero-order valence-corrected chi connectivity index (χ0v) is 12.4. The monoisotopic (exact) mass is 271 g/mol. The van der Waals surface area contributed by atoms with Crippen LogP contribution >= 0.6 is 0 Å². The quantitative estimate of drug-likeness (QED) is 0.741. The molecule has 0 aromatic carbocycles. The van der Waals surface area contributed by atoms with Crippen molar-refractivity contribution in [2.75, 3.05) is 13.1 Å². The fraction of sp³-hybridized carbons (Fsp3) is 0.857. The van der Waals surface area contributed by atoms with Crippen molar-refractivity contribution in [1.82, 2.24) is 4.90 Å². The minimum Gasteiger partial charge on any atom is -0.460 e. The van der Waals surface area contributed by atoms with Gasteiger partial charge in [0.15, 0.2) is 0 Å². The number of carbonyl (C=O) groups is 2. The normalized spacial score (nSPS) is 20.0. The summed E-state index contributed by atoms with van der Waals surface area (Å²) in [6.07, 6.45) is 2.34. The van der Waals surface area contributed by atoms with Gasteiger partial charge in [-0.2, -0.15) is 0 Å². The van der Waals surface area contributed by atoms with Crippen LogP contribution in [-0.2, 0) is 14.3 Å². The molecule has 0 saturated carbocycles. The van der Waals surface area contributed by atoms with Crippen LogP contribution in [0.2, 0.25) is 0 Å². The van der Waals surface area contributed by atoms with E-state index in [0.29, 0.717) is 19.5 Å². The highest BCUT2D eigenvalue weighted by Gasteiger charge is 2.29. The Hall–Kier alpha value is -1.26. The summed E-state index contributed by atoms with van der Waals surface area (Å²) in [5.41, 5.74) is -0.497.